The Bertz CT molecular complexity index is 1030. The number of carbonyl (C=O) groups excluding carboxylic acids is 2. The summed E-state index contributed by atoms with van der Waals surface area (Å²) < 4.78 is 11.2. The topological polar surface area (TPSA) is 63.0 Å². The second-order valence-corrected chi connectivity index (χ2v) is 7.47. The standard InChI is InChI=1S/C24H24N2O4/c1-17-10-11-22-21(13-17)26(24(28)18(2)30-22)16-23(27)25(15-20-9-6-12-29-20)14-19-7-4-3-5-8-19/h3-13,18H,14-16H2,1-2H3. The van der Waals surface area contributed by atoms with Crippen LogP contribution in [0.5, 0.6) is 5.75 Å². The van der Waals surface area contributed by atoms with Gasteiger partial charge in [-0.25, -0.2) is 0 Å². The first-order valence-electron chi connectivity index (χ1n) is 9.94. The van der Waals surface area contributed by atoms with Crippen LogP contribution in [0.1, 0.15) is 23.8 Å². The summed E-state index contributed by atoms with van der Waals surface area (Å²) in [5.74, 6) is 0.919. The van der Waals surface area contributed by atoms with E-state index in [4.69, 9.17) is 9.15 Å². The number of rotatable bonds is 6. The number of aryl methyl sites for hydroxylation is 1. The zero-order valence-corrected chi connectivity index (χ0v) is 17.1. The molecule has 0 N–H and O–H groups in total. The molecule has 6 heteroatoms. The Morgan fingerprint density at radius 3 is 2.60 bits per heavy atom. The average Bonchev–Trinajstić information content (AvgIpc) is 3.25. The first-order chi connectivity index (χ1) is 14.5. The molecule has 4 rings (SSSR count). The van der Waals surface area contributed by atoms with E-state index >= 15 is 0 Å². The number of benzene rings is 2. The fourth-order valence-electron chi connectivity index (χ4n) is 3.54. The highest BCUT2D eigenvalue weighted by Crippen LogP contribution is 2.34. The number of fused-ring (bicyclic) bond motifs is 1. The zero-order chi connectivity index (χ0) is 21.1. The molecule has 2 heterocycles. The Labute approximate surface area is 175 Å². The molecule has 30 heavy (non-hydrogen) atoms. The Hall–Kier alpha value is -3.54. The minimum absolute atomic E-state index is 0.0590. The van der Waals surface area contributed by atoms with Gasteiger partial charge >= 0.3 is 0 Å². The third kappa shape index (κ3) is 4.22. The molecule has 1 aliphatic heterocycles. The van der Waals surface area contributed by atoms with Gasteiger partial charge in [-0.2, -0.15) is 0 Å². The summed E-state index contributed by atoms with van der Waals surface area (Å²) in [5.41, 5.74) is 2.63. The van der Waals surface area contributed by atoms with Gasteiger partial charge in [0.05, 0.1) is 18.5 Å². The normalized spacial score (nSPS) is 15.5. The van der Waals surface area contributed by atoms with Gasteiger partial charge in [0.1, 0.15) is 18.1 Å². The summed E-state index contributed by atoms with van der Waals surface area (Å²) in [6.07, 6.45) is 0.952. The molecule has 154 valence electrons. The zero-order valence-electron chi connectivity index (χ0n) is 17.1. The SMILES string of the molecule is Cc1ccc2c(c1)N(CC(=O)N(Cc1ccccc1)Cc1ccco1)C(=O)C(C)O2. The Balaban J connectivity index is 1.60. The smallest absolute Gasteiger partial charge is 0.268 e. The van der Waals surface area contributed by atoms with Crippen molar-refractivity contribution in [2.75, 3.05) is 11.4 Å². The molecule has 0 aliphatic carbocycles. The van der Waals surface area contributed by atoms with Gasteiger partial charge in [-0.15, -0.1) is 0 Å². The van der Waals surface area contributed by atoms with Crippen LogP contribution >= 0.6 is 0 Å². The molecule has 2 aromatic carbocycles. The fourth-order valence-corrected chi connectivity index (χ4v) is 3.54. The van der Waals surface area contributed by atoms with Gasteiger partial charge in [-0.3, -0.25) is 14.5 Å². The molecule has 0 radical (unpaired) electrons. The molecule has 0 saturated carbocycles. The van der Waals surface area contributed by atoms with Crippen LogP contribution in [0.25, 0.3) is 0 Å². The minimum atomic E-state index is -0.638. The van der Waals surface area contributed by atoms with Crippen molar-refractivity contribution >= 4 is 17.5 Å². The van der Waals surface area contributed by atoms with Crippen molar-refractivity contribution in [1.29, 1.82) is 0 Å². The largest absolute Gasteiger partial charge is 0.479 e. The Morgan fingerprint density at radius 2 is 1.87 bits per heavy atom. The van der Waals surface area contributed by atoms with E-state index in [-0.39, 0.29) is 18.4 Å². The third-order valence-electron chi connectivity index (χ3n) is 5.11. The fraction of sp³-hybridized carbons (Fsp3) is 0.250. The van der Waals surface area contributed by atoms with E-state index in [1.54, 1.807) is 24.2 Å². The molecule has 0 fully saturated rings. The molecule has 1 aliphatic rings. The molecular weight excluding hydrogens is 380 g/mol. The lowest BCUT2D eigenvalue weighted by Crippen LogP contribution is -2.49. The maximum absolute atomic E-state index is 13.3. The number of ether oxygens (including phenoxy) is 1. The summed E-state index contributed by atoms with van der Waals surface area (Å²) in [7, 11) is 0. The van der Waals surface area contributed by atoms with Crippen molar-refractivity contribution in [2.24, 2.45) is 0 Å². The third-order valence-corrected chi connectivity index (χ3v) is 5.11. The van der Waals surface area contributed by atoms with Crippen molar-refractivity contribution in [3.8, 4) is 5.75 Å². The van der Waals surface area contributed by atoms with Crippen LogP contribution in [0.3, 0.4) is 0 Å². The number of amides is 2. The van der Waals surface area contributed by atoms with Gasteiger partial charge in [0.2, 0.25) is 5.91 Å². The summed E-state index contributed by atoms with van der Waals surface area (Å²) in [4.78, 5) is 29.4. The second-order valence-electron chi connectivity index (χ2n) is 7.47. The second kappa shape index (κ2) is 8.45. The Morgan fingerprint density at radius 1 is 1.07 bits per heavy atom. The van der Waals surface area contributed by atoms with Gasteiger partial charge < -0.3 is 14.1 Å². The molecule has 0 saturated heterocycles. The molecule has 2 amide bonds. The van der Waals surface area contributed by atoms with Gasteiger partial charge in [-0.1, -0.05) is 36.4 Å². The summed E-state index contributed by atoms with van der Waals surface area (Å²) in [5, 5.41) is 0. The molecule has 1 atom stereocenters. The van der Waals surface area contributed by atoms with Crippen molar-refractivity contribution in [2.45, 2.75) is 33.0 Å². The lowest BCUT2D eigenvalue weighted by atomic mass is 10.1. The molecule has 1 aromatic heterocycles. The van der Waals surface area contributed by atoms with Crippen LogP contribution in [0.15, 0.2) is 71.3 Å². The minimum Gasteiger partial charge on any atom is -0.479 e. The van der Waals surface area contributed by atoms with Crippen LogP contribution in [-0.4, -0.2) is 29.4 Å². The van der Waals surface area contributed by atoms with E-state index in [9.17, 15) is 9.59 Å². The number of furan rings is 1. The van der Waals surface area contributed by atoms with E-state index in [0.717, 1.165) is 11.1 Å². The molecule has 0 spiro atoms. The first kappa shape index (κ1) is 19.8. The van der Waals surface area contributed by atoms with Crippen LogP contribution in [0, 0.1) is 6.92 Å². The van der Waals surface area contributed by atoms with Crippen LogP contribution < -0.4 is 9.64 Å². The van der Waals surface area contributed by atoms with Crippen molar-refractivity contribution in [3.63, 3.8) is 0 Å². The van der Waals surface area contributed by atoms with Gasteiger partial charge in [0.25, 0.3) is 5.91 Å². The van der Waals surface area contributed by atoms with E-state index in [1.807, 2.05) is 61.5 Å². The first-order valence-corrected chi connectivity index (χ1v) is 9.94. The lowest BCUT2D eigenvalue weighted by Gasteiger charge is -2.34. The van der Waals surface area contributed by atoms with Crippen LogP contribution in [0.2, 0.25) is 0 Å². The maximum atomic E-state index is 13.3. The van der Waals surface area contributed by atoms with Gasteiger partial charge in [0.15, 0.2) is 6.10 Å². The highest BCUT2D eigenvalue weighted by molar-refractivity contribution is 6.03. The van der Waals surface area contributed by atoms with E-state index < -0.39 is 6.10 Å². The van der Waals surface area contributed by atoms with E-state index in [0.29, 0.717) is 30.3 Å². The number of hydrogen-bond acceptors (Lipinski definition) is 4. The average molecular weight is 404 g/mol. The highest BCUT2D eigenvalue weighted by atomic mass is 16.5. The predicted octanol–water partition coefficient (Wildman–Crippen LogP) is 3.93. The highest BCUT2D eigenvalue weighted by Gasteiger charge is 2.34. The number of anilines is 1. The lowest BCUT2D eigenvalue weighted by molar-refractivity contribution is -0.134. The molecular formula is C24H24N2O4. The van der Waals surface area contributed by atoms with Crippen molar-refractivity contribution in [3.05, 3.63) is 83.8 Å². The predicted molar refractivity (Wildman–Crippen MR) is 113 cm³/mol. The van der Waals surface area contributed by atoms with Crippen LogP contribution in [-0.2, 0) is 22.7 Å². The summed E-state index contributed by atoms with van der Waals surface area (Å²) in [6.45, 7) is 4.34. The van der Waals surface area contributed by atoms with Crippen molar-refractivity contribution in [1.82, 2.24) is 4.90 Å². The van der Waals surface area contributed by atoms with Gasteiger partial charge in [0, 0.05) is 6.54 Å². The maximum Gasteiger partial charge on any atom is 0.268 e. The van der Waals surface area contributed by atoms with E-state index in [1.165, 1.54) is 4.90 Å². The summed E-state index contributed by atoms with van der Waals surface area (Å²) >= 11 is 0. The van der Waals surface area contributed by atoms with Gasteiger partial charge in [-0.05, 0) is 49.2 Å². The van der Waals surface area contributed by atoms with E-state index in [2.05, 4.69) is 0 Å². The number of carbonyl (C=O) groups is 2. The summed E-state index contributed by atoms with van der Waals surface area (Å²) in [6, 6.07) is 19.1. The Kier molecular flexibility index (Phi) is 5.57. The molecule has 0 bridgehead atoms. The number of hydrogen-bond donors (Lipinski definition) is 0. The molecule has 3 aromatic rings. The monoisotopic (exact) mass is 404 g/mol. The quantitative estimate of drug-likeness (QED) is 0.625. The molecule has 1 unspecified atom stereocenters. The molecule has 6 nitrogen and oxygen atoms in total. The van der Waals surface area contributed by atoms with Crippen LogP contribution in [0.4, 0.5) is 5.69 Å². The number of nitrogens with zero attached hydrogens (tertiary/aromatic N) is 2. The van der Waals surface area contributed by atoms with Crippen molar-refractivity contribution < 1.29 is 18.7 Å².